The zero-order valence-corrected chi connectivity index (χ0v) is 11.2. The van der Waals surface area contributed by atoms with Crippen molar-refractivity contribution >= 4 is 21.7 Å². The van der Waals surface area contributed by atoms with Gasteiger partial charge in [0.1, 0.15) is 0 Å². The van der Waals surface area contributed by atoms with Crippen LogP contribution in [0.3, 0.4) is 0 Å². The van der Waals surface area contributed by atoms with Gasteiger partial charge in [0.05, 0.1) is 11.9 Å². The molecule has 0 saturated heterocycles. The molecule has 2 rings (SSSR count). The molecule has 0 fully saturated rings. The summed E-state index contributed by atoms with van der Waals surface area (Å²) in [5.74, 6) is -2.01. The Labute approximate surface area is 114 Å². The van der Waals surface area contributed by atoms with Crippen LogP contribution in [0.5, 0.6) is 0 Å². The molecule has 0 amide bonds. The Kier molecular flexibility index (Phi) is 3.44. The molecule has 0 atom stereocenters. The van der Waals surface area contributed by atoms with Gasteiger partial charge in [0.15, 0.2) is 5.69 Å². The topological polar surface area (TPSA) is 47.8 Å². The lowest BCUT2D eigenvalue weighted by molar-refractivity contribution is -0.0888. The first-order valence-corrected chi connectivity index (χ1v) is 5.89. The molecule has 19 heavy (non-hydrogen) atoms. The van der Waals surface area contributed by atoms with Gasteiger partial charge in [-0.3, -0.25) is 4.79 Å². The molecule has 1 aromatic carbocycles. The van der Waals surface area contributed by atoms with Gasteiger partial charge in [-0.05, 0) is 40.5 Å². The number of carbonyl (C=O) groups is 1. The van der Waals surface area contributed by atoms with Crippen LogP contribution < -0.4 is 0 Å². The summed E-state index contributed by atoms with van der Waals surface area (Å²) >= 11 is 3.26. The third-order valence-corrected chi connectivity index (χ3v) is 3.00. The number of aromatic nitrogens is 3. The minimum atomic E-state index is -4.95. The number of hydrogen-bond donors (Lipinski definition) is 0. The number of nitrogens with zero attached hydrogens (tertiary/aromatic N) is 3. The van der Waals surface area contributed by atoms with E-state index in [0.717, 1.165) is 16.4 Å². The number of hydrogen-bond acceptors (Lipinski definition) is 3. The molecule has 0 aliphatic heterocycles. The van der Waals surface area contributed by atoms with Gasteiger partial charge in [-0.1, -0.05) is 11.3 Å². The number of Topliss-reactive ketones (excluding diaryl/α,β-unsaturated/α-hetero) is 1. The van der Waals surface area contributed by atoms with E-state index in [0.29, 0.717) is 10.2 Å². The first-order valence-electron chi connectivity index (χ1n) is 5.09. The van der Waals surface area contributed by atoms with Crippen molar-refractivity contribution < 1.29 is 18.0 Å². The van der Waals surface area contributed by atoms with Gasteiger partial charge in [-0.15, -0.1) is 5.10 Å². The zero-order valence-electron chi connectivity index (χ0n) is 9.57. The summed E-state index contributed by atoms with van der Waals surface area (Å²) < 4.78 is 38.5. The molecule has 8 heteroatoms. The summed E-state index contributed by atoms with van der Waals surface area (Å²) in [7, 11) is 0. The molecular weight excluding hydrogens is 327 g/mol. The molecule has 0 aliphatic carbocycles. The van der Waals surface area contributed by atoms with E-state index >= 15 is 0 Å². The van der Waals surface area contributed by atoms with E-state index in [1.807, 2.05) is 13.0 Å². The zero-order chi connectivity index (χ0) is 14.2. The lowest BCUT2D eigenvalue weighted by atomic mass is 10.2. The largest absolute Gasteiger partial charge is 0.456 e. The number of carbonyl (C=O) groups excluding carboxylic acids is 1. The van der Waals surface area contributed by atoms with Crippen LogP contribution in [0.1, 0.15) is 16.1 Å². The molecule has 0 spiro atoms. The Morgan fingerprint density at radius 1 is 1.37 bits per heavy atom. The number of halogens is 4. The molecule has 1 aromatic heterocycles. The van der Waals surface area contributed by atoms with Gasteiger partial charge in [0, 0.05) is 4.47 Å². The standard InChI is InChI=1S/C11H7BrF3N3O/c1-6-2-3-7(12)9(4-6)18-5-8(16-17-18)10(19)11(13,14)15/h2-5H,1H3. The van der Waals surface area contributed by atoms with Crippen molar-refractivity contribution in [3.63, 3.8) is 0 Å². The van der Waals surface area contributed by atoms with Crippen molar-refractivity contribution in [3.05, 3.63) is 40.1 Å². The van der Waals surface area contributed by atoms with Crippen LogP contribution in [0.4, 0.5) is 13.2 Å². The monoisotopic (exact) mass is 333 g/mol. The summed E-state index contributed by atoms with van der Waals surface area (Å²) in [4.78, 5) is 11.0. The summed E-state index contributed by atoms with van der Waals surface area (Å²) in [6.07, 6.45) is -4.00. The number of alkyl halides is 3. The van der Waals surface area contributed by atoms with Crippen molar-refractivity contribution in [1.29, 1.82) is 0 Å². The Bertz CT molecular complexity index is 636. The Hall–Kier alpha value is -1.70. The van der Waals surface area contributed by atoms with E-state index in [-0.39, 0.29) is 0 Å². The maximum Gasteiger partial charge on any atom is 0.456 e. The normalized spacial score (nSPS) is 11.6. The third-order valence-electron chi connectivity index (χ3n) is 2.33. The van der Waals surface area contributed by atoms with Crippen molar-refractivity contribution in [2.24, 2.45) is 0 Å². The summed E-state index contributed by atoms with van der Waals surface area (Å²) in [6, 6.07) is 5.27. The highest BCUT2D eigenvalue weighted by Crippen LogP contribution is 2.23. The molecule has 100 valence electrons. The van der Waals surface area contributed by atoms with Gasteiger partial charge in [-0.2, -0.15) is 13.2 Å². The van der Waals surface area contributed by atoms with Gasteiger partial charge >= 0.3 is 6.18 Å². The Balaban J connectivity index is 2.42. The van der Waals surface area contributed by atoms with Crippen LogP contribution in [0.2, 0.25) is 0 Å². The van der Waals surface area contributed by atoms with Crippen LogP contribution >= 0.6 is 15.9 Å². The molecule has 1 heterocycles. The average molecular weight is 334 g/mol. The first kappa shape index (κ1) is 13.7. The van der Waals surface area contributed by atoms with Crippen LogP contribution in [-0.4, -0.2) is 27.0 Å². The molecule has 0 aliphatic rings. The molecule has 4 nitrogen and oxygen atoms in total. The first-order chi connectivity index (χ1) is 8.79. The van der Waals surface area contributed by atoms with Crippen LogP contribution in [0, 0.1) is 6.92 Å². The fourth-order valence-corrected chi connectivity index (χ4v) is 1.86. The Morgan fingerprint density at radius 2 is 2.05 bits per heavy atom. The summed E-state index contributed by atoms with van der Waals surface area (Å²) in [6.45, 7) is 1.83. The maximum atomic E-state index is 12.3. The SMILES string of the molecule is Cc1ccc(Br)c(-n2cc(C(=O)C(F)(F)F)nn2)c1. The van der Waals surface area contributed by atoms with E-state index in [2.05, 4.69) is 26.2 Å². The highest BCUT2D eigenvalue weighted by atomic mass is 79.9. The van der Waals surface area contributed by atoms with Crippen LogP contribution in [-0.2, 0) is 0 Å². The summed E-state index contributed by atoms with van der Waals surface area (Å²) in [5, 5.41) is 6.79. The number of rotatable bonds is 2. The third kappa shape index (κ3) is 2.83. The van der Waals surface area contributed by atoms with Gasteiger partial charge < -0.3 is 0 Å². The van der Waals surface area contributed by atoms with Crippen molar-refractivity contribution in [1.82, 2.24) is 15.0 Å². The minimum Gasteiger partial charge on any atom is -0.282 e. The summed E-state index contributed by atoms with van der Waals surface area (Å²) in [5.41, 5.74) is 0.673. The van der Waals surface area contributed by atoms with Gasteiger partial charge in [0.2, 0.25) is 0 Å². The Morgan fingerprint density at radius 3 is 2.68 bits per heavy atom. The highest BCUT2D eigenvalue weighted by molar-refractivity contribution is 9.10. The lowest BCUT2D eigenvalue weighted by Gasteiger charge is -2.04. The average Bonchev–Trinajstić information content (AvgIpc) is 2.79. The quantitative estimate of drug-likeness (QED) is 0.793. The predicted molar refractivity (Wildman–Crippen MR) is 64.2 cm³/mol. The molecule has 0 radical (unpaired) electrons. The smallest absolute Gasteiger partial charge is 0.282 e. The predicted octanol–water partition coefficient (Wildman–Crippen LogP) is 3.08. The van der Waals surface area contributed by atoms with E-state index in [1.54, 1.807) is 12.1 Å². The molecule has 0 unspecified atom stereocenters. The lowest BCUT2D eigenvalue weighted by Crippen LogP contribution is -2.23. The number of aryl methyl sites for hydroxylation is 1. The highest BCUT2D eigenvalue weighted by Gasteiger charge is 2.41. The van der Waals surface area contributed by atoms with Crippen LogP contribution in [0.25, 0.3) is 5.69 Å². The van der Waals surface area contributed by atoms with Gasteiger partial charge in [-0.25, -0.2) is 4.68 Å². The molecule has 2 aromatic rings. The van der Waals surface area contributed by atoms with Gasteiger partial charge in [0.25, 0.3) is 5.78 Å². The van der Waals surface area contributed by atoms with Crippen LogP contribution in [0.15, 0.2) is 28.9 Å². The van der Waals surface area contributed by atoms with Crippen molar-refractivity contribution in [2.75, 3.05) is 0 Å². The minimum absolute atomic E-state index is 0.508. The number of benzene rings is 1. The molecule has 0 N–H and O–H groups in total. The van der Waals surface area contributed by atoms with E-state index in [1.165, 1.54) is 0 Å². The molecule has 0 saturated carbocycles. The second-order valence-corrected chi connectivity index (χ2v) is 4.68. The fourth-order valence-electron chi connectivity index (χ4n) is 1.43. The molecule has 0 bridgehead atoms. The second kappa shape index (κ2) is 4.76. The van der Waals surface area contributed by atoms with E-state index < -0.39 is 17.7 Å². The van der Waals surface area contributed by atoms with E-state index in [4.69, 9.17) is 0 Å². The maximum absolute atomic E-state index is 12.3. The second-order valence-electron chi connectivity index (χ2n) is 3.83. The fraction of sp³-hybridized carbons (Fsp3) is 0.182. The van der Waals surface area contributed by atoms with E-state index in [9.17, 15) is 18.0 Å². The number of ketones is 1. The molecular formula is C11H7BrF3N3O. The van der Waals surface area contributed by atoms with Crippen molar-refractivity contribution in [2.45, 2.75) is 13.1 Å². The van der Waals surface area contributed by atoms with Crippen molar-refractivity contribution in [3.8, 4) is 5.69 Å².